The van der Waals surface area contributed by atoms with Crippen LogP contribution in [0.1, 0.15) is 33.6 Å². The topological polar surface area (TPSA) is 49.8 Å². The van der Waals surface area contributed by atoms with Gasteiger partial charge in [0.1, 0.15) is 6.04 Å². The third kappa shape index (κ3) is 3.18. The summed E-state index contributed by atoms with van der Waals surface area (Å²) >= 11 is 0. The average Bonchev–Trinajstić information content (AvgIpc) is 2.13. The van der Waals surface area contributed by atoms with Crippen LogP contribution in [0.5, 0.6) is 0 Å². The van der Waals surface area contributed by atoms with Gasteiger partial charge in [0.05, 0.1) is 5.60 Å². The van der Waals surface area contributed by atoms with E-state index >= 15 is 0 Å². The van der Waals surface area contributed by atoms with Crippen LogP contribution in [0, 0.1) is 0 Å². The molecule has 0 aromatic rings. The third-order valence-corrected chi connectivity index (χ3v) is 3.22. The van der Waals surface area contributed by atoms with Gasteiger partial charge in [0.15, 0.2) is 0 Å². The lowest BCUT2D eigenvalue weighted by molar-refractivity contribution is -0.145. The Morgan fingerprint density at radius 1 is 1.60 bits per heavy atom. The predicted molar refractivity (Wildman–Crippen MR) is 57.9 cm³/mol. The van der Waals surface area contributed by atoms with Gasteiger partial charge in [-0.2, -0.15) is 0 Å². The fourth-order valence-corrected chi connectivity index (χ4v) is 2.04. The molecule has 88 valence electrons. The molecule has 0 aromatic carbocycles. The fourth-order valence-electron chi connectivity index (χ4n) is 2.04. The number of rotatable bonds is 3. The van der Waals surface area contributed by atoms with Gasteiger partial charge >= 0.3 is 5.97 Å². The quantitative estimate of drug-likeness (QED) is 0.772. The number of carboxylic acid groups (broad SMARTS) is 1. The van der Waals surface area contributed by atoms with E-state index < -0.39 is 12.0 Å². The fraction of sp³-hybridized carbons (Fsp3) is 0.909. The number of nitrogens with zero attached hydrogens (tertiary/aromatic N) is 1. The van der Waals surface area contributed by atoms with Crippen LogP contribution in [0.3, 0.4) is 0 Å². The molecule has 0 saturated carbocycles. The minimum absolute atomic E-state index is 0.130. The zero-order valence-electron chi connectivity index (χ0n) is 9.99. The van der Waals surface area contributed by atoms with Crippen molar-refractivity contribution in [2.24, 2.45) is 0 Å². The van der Waals surface area contributed by atoms with Crippen LogP contribution >= 0.6 is 0 Å². The number of hydrogen-bond donors (Lipinski definition) is 1. The Labute approximate surface area is 91.2 Å². The Morgan fingerprint density at radius 2 is 2.20 bits per heavy atom. The van der Waals surface area contributed by atoms with Gasteiger partial charge in [0.25, 0.3) is 0 Å². The molecule has 0 bridgehead atoms. The standard InChI is InChI=1S/C11H21NO3/c1-8(10(13)14)12(4)9-5-6-15-11(2,3)7-9/h8-9H,5-7H2,1-4H3,(H,13,14). The monoisotopic (exact) mass is 215 g/mol. The minimum Gasteiger partial charge on any atom is -0.480 e. The molecule has 2 atom stereocenters. The zero-order valence-corrected chi connectivity index (χ0v) is 9.99. The van der Waals surface area contributed by atoms with Crippen LogP contribution in [0.2, 0.25) is 0 Å². The molecule has 0 radical (unpaired) electrons. The highest BCUT2D eigenvalue weighted by molar-refractivity contribution is 5.72. The third-order valence-electron chi connectivity index (χ3n) is 3.22. The van der Waals surface area contributed by atoms with Gasteiger partial charge in [-0.05, 0) is 40.7 Å². The highest BCUT2D eigenvalue weighted by Gasteiger charge is 2.33. The van der Waals surface area contributed by atoms with Crippen molar-refractivity contribution >= 4 is 5.97 Å². The molecular weight excluding hydrogens is 194 g/mol. The summed E-state index contributed by atoms with van der Waals surface area (Å²) in [7, 11) is 1.88. The number of aliphatic carboxylic acids is 1. The molecular formula is C11H21NO3. The molecule has 1 heterocycles. The van der Waals surface area contributed by atoms with E-state index in [2.05, 4.69) is 13.8 Å². The first kappa shape index (κ1) is 12.5. The summed E-state index contributed by atoms with van der Waals surface area (Å²) in [6, 6.07) is -0.122. The summed E-state index contributed by atoms with van der Waals surface area (Å²) in [5.74, 6) is -0.762. The molecule has 0 aromatic heterocycles. The van der Waals surface area contributed by atoms with Crippen molar-refractivity contribution in [1.82, 2.24) is 4.90 Å². The van der Waals surface area contributed by atoms with E-state index in [9.17, 15) is 4.79 Å². The van der Waals surface area contributed by atoms with Crippen molar-refractivity contribution in [2.45, 2.75) is 51.3 Å². The molecule has 1 aliphatic rings. The molecule has 0 amide bonds. The predicted octanol–water partition coefficient (Wildman–Crippen LogP) is 1.35. The molecule has 2 unspecified atom stereocenters. The van der Waals surface area contributed by atoms with Gasteiger partial charge in [-0.3, -0.25) is 9.69 Å². The molecule has 4 heteroatoms. The molecule has 1 fully saturated rings. The number of carbonyl (C=O) groups is 1. The highest BCUT2D eigenvalue weighted by Crippen LogP contribution is 2.27. The first-order chi connectivity index (χ1) is 6.83. The smallest absolute Gasteiger partial charge is 0.320 e. The van der Waals surface area contributed by atoms with Gasteiger partial charge in [0.2, 0.25) is 0 Å². The first-order valence-electron chi connectivity index (χ1n) is 5.42. The van der Waals surface area contributed by atoms with E-state index in [0.717, 1.165) is 12.8 Å². The normalized spacial score (nSPS) is 27.7. The van der Waals surface area contributed by atoms with Crippen LogP contribution < -0.4 is 0 Å². The Morgan fingerprint density at radius 3 is 2.67 bits per heavy atom. The van der Waals surface area contributed by atoms with Gasteiger partial charge in [-0.25, -0.2) is 0 Å². The van der Waals surface area contributed by atoms with Crippen molar-refractivity contribution < 1.29 is 14.6 Å². The maximum Gasteiger partial charge on any atom is 0.320 e. The Balaban J connectivity index is 2.60. The van der Waals surface area contributed by atoms with E-state index in [4.69, 9.17) is 9.84 Å². The second kappa shape index (κ2) is 4.49. The SMILES string of the molecule is CC(C(=O)O)N(C)C1CCOC(C)(C)C1. The lowest BCUT2D eigenvalue weighted by atomic mass is 9.92. The van der Waals surface area contributed by atoms with E-state index in [1.54, 1.807) is 6.92 Å². The van der Waals surface area contributed by atoms with E-state index in [1.165, 1.54) is 0 Å². The van der Waals surface area contributed by atoms with Crippen molar-refractivity contribution in [3.8, 4) is 0 Å². The second-order valence-corrected chi connectivity index (χ2v) is 4.93. The largest absolute Gasteiger partial charge is 0.480 e. The lowest BCUT2D eigenvalue weighted by Gasteiger charge is -2.41. The number of likely N-dealkylation sites (N-methyl/N-ethyl adjacent to an activating group) is 1. The first-order valence-corrected chi connectivity index (χ1v) is 5.42. The maximum atomic E-state index is 10.9. The Bertz CT molecular complexity index is 240. The van der Waals surface area contributed by atoms with Gasteiger partial charge in [-0.15, -0.1) is 0 Å². The number of hydrogen-bond acceptors (Lipinski definition) is 3. The zero-order chi connectivity index (χ0) is 11.6. The van der Waals surface area contributed by atoms with Crippen molar-refractivity contribution in [2.75, 3.05) is 13.7 Å². The summed E-state index contributed by atoms with van der Waals surface area (Å²) in [5, 5.41) is 8.94. The summed E-state index contributed by atoms with van der Waals surface area (Å²) in [6.07, 6.45) is 1.80. The summed E-state index contributed by atoms with van der Waals surface area (Å²) in [4.78, 5) is 12.8. The molecule has 0 aliphatic carbocycles. The maximum absolute atomic E-state index is 10.9. The van der Waals surface area contributed by atoms with Gasteiger partial charge < -0.3 is 9.84 Å². The van der Waals surface area contributed by atoms with Gasteiger partial charge in [0, 0.05) is 12.6 Å². The van der Waals surface area contributed by atoms with Crippen LogP contribution in [0.25, 0.3) is 0 Å². The van der Waals surface area contributed by atoms with Crippen molar-refractivity contribution in [1.29, 1.82) is 0 Å². The van der Waals surface area contributed by atoms with Crippen molar-refractivity contribution in [3.63, 3.8) is 0 Å². The number of ether oxygens (including phenoxy) is 1. The van der Waals surface area contributed by atoms with Gasteiger partial charge in [-0.1, -0.05) is 0 Å². The molecule has 15 heavy (non-hydrogen) atoms. The van der Waals surface area contributed by atoms with E-state index in [1.807, 2.05) is 11.9 Å². The molecule has 0 spiro atoms. The van der Waals surface area contributed by atoms with Crippen LogP contribution in [-0.2, 0) is 9.53 Å². The summed E-state index contributed by atoms with van der Waals surface area (Å²) in [6.45, 7) is 6.55. The number of carboxylic acids is 1. The average molecular weight is 215 g/mol. The summed E-state index contributed by atoms with van der Waals surface area (Å²) < 4.78 is 5.61. The molecule has 1 N–H and O–H groups in total. The second-order valence-electron chi connectivity index (χ2n) is 4.93. The molecule has 1 rings (SSSR count). The highest BCUT2D eigenvalue weighted by atomic mass is 16.5. The summed E-state index contributed by atoms with van der Waals surface area (Å²) in [5.41, 5.74) is -0.130. The van der Waals surface area contributed by atoms with Crippen molar-refractivity contribution in [3.05, 3.63) is 0 Å². The minimum atomic E-state index is -0.762. The molecule has 1 saturated heterocycles. The van der Waals surface area contributed by atoms with E-state index in [-0.39, 0.29) is 5.60 Å². The van der Waals surface area contributed by atoms with E-state index in [0.29, 0.717) is 12.6 Å². The Kier molecular flexibility index (Phi) is 3.73. The van der Waals surface area contributed by atoms with Crippen LogP contribution in [0.15, 0.2) is 0 Å². The Hall–Kier alpha value is -0.610. The van der Waals surface area contributed by atoms with Crippen LogP contribution in [-0.4, -0.2) is 47.3 Å². The van der Waals surface area contributed by atoms with Crippen LogP contribution in [0.4, 0.5) is 0 Å². The molecule has 4 nitrogen and oxygen atoms in total. The lowest BCUT2D eigenvalue weighted by Crippen LogP contribution is -2.49. The molecule has 1 aliphatic heterocycles.